The SMILES string of the molecule is Cc1ccccc1CC(C)NC(=O)C1(C(C)C)CCNC1. The normalized spacial score (nSPS) is 23.3. The maximum atomic E-state index is 12.7. The average molecular weight is 288 g/mol. The second-order valence-corrected chi connectivity index (χ2v) is 6.74. The molecule has 2 rings (SSSR count). The van der Waals surface area contributed by atoms with Crippen molar-refractivity contribution in [3.05, 3.63) is 35.4 Å². The molecule has 21 heavy (non-hydrogen) atoms. The Morgan fingerprint density at radius 2 is 2.05 bits per heavy atom. The van der Waals surface area contributed by atoms with Gasteiger partial charge in [0.05, 0.1) is 5.41 Å². The number of benzene rings is 1. The van der Waals surface area contributed by atoms with E-state index in [-0.39, 0.29) is 17.4 Å². The largest absolute Gasteiger partial charge is 0.353 e. The third-order valence-corrected chi connectivity index (χ3v) is 4.91. The van der Waals surface area contributed by atoms with Crippen molar-refractivity contribution in [2.24, 2.45) is 11.3 Å². The van der Waals surface area contributed by atoms with Crippen LogP contribution in [0.4, 0.5) is 0 Å². The van der Waals surface area contributed by atoms with Gasteiger partial charge in [0.15, 0.2) is 0 Å². The van der Waals surface area contributed by atoms with Gasteiger partial charge >= 0.3 is 0 Å². The zero-order chi connectivity index (χ0) is 15.5. The summed E-state index contributed by atoms with van der Waals surface area (Å²) < 4.78 is 0. The first-order valence-electron chi connectivity index (χ1n) is 8.02. The van der Waals surface area contributed by atoms with E-state index >= 15 is 0 Å². The molecule has 0 aliphatic carbocycles. The van der Waals surface area contributed by atoms with Crippen molar-refractivity contribution in [1.29, 1.82) is 0 Å². The van der Waals surface area contributed by atoms with Crippen LogP contribution in [0.15, 0.2) is 24.3 Å². The van der Waals surface area contributed by atoms with Gasteiger partial charge in [-0.2, -0.15) is 0 Å². The van der Waals surface area contributed by atoms with Crippen molar-refractivity contribution in [3.63, 3.8) is 0 Å². The quantitative estimate of drug-likeness (QED) is 0.874. The van der Waals surface area contributed by atoms with Crippen LogP contribution in [0.2, 0.25) is 0 Å². The summed E-state index contributed by atoms with van der Waals surface area (Å²) in [5.41, 5.74) is 2.37. The number of carbonyl (C=O) groups is 1. The molecule has 0 radical (unpaired) electrons. The molecule has 1 aliphatic heterocycles. The average Bonchev–Trinajstić information content (AvgIpc) is 2.92. The number of aryl methyl sites for hydroxylation is 1. The first-order valence-corrected chi connectivity index (χ1v) is 8.02. The summed E-state index contributed by atoms with van der Waals surface area (Å²) in [4.78, 5) is 12.7. The van der Waals surface area contributed by atoms with Gasteiger partial charge in [0.2, 0.25) is 5.91 Å². The molecule has 0 bridgehead atoms. The highest BCUT2D eigenvalue weighted by Crippen LogP contribution is 2.34. The van der Waals surface area contributed by atoms with Gasteiger partial charge in [-0.15, -0.1) is 0 Å². The maximum Gasteiger partial charge on any atom is 0.228 e. The molecule has 3 nitrogen and oxygen atoms in total. The smallest absolute Gasteiger partial charge is 0.228 e. The fourth-order valence-electron chi connectivity index (χ4n) is 3.25. The maximum absolute atomic E-state index is 12.7. The first kappa shape index (κ1) is 16.0. The molecule has 1 saturated heterocycles. The van der Waals surface area contributed by atoms with E-state index in [0.29, 0.717) is 5.92 Å². The Labute approximate surface area is 128 Å². The van der Waals surface area contributed by atoms with Crippen LogP contribution in [0, 0.1) is 18.3 Å². The Morgan fingerprint density at radius 3 is 2.62 bits per heavy atom. The van der Waals surface area contributed by atoms with Crippen molar-refractivity contribution in [1.82, 2.24) is 10.6 Å². The fourth-order valence-corrected chi connectivity index (χ4v) is 3.25. The van der Waals surface area contributed by atoms with Gasteiger partial charge in [-0.3, -0.25) is 4.79 Å². The molecule has 1 heterocycles. The van der Waals surface area contributed by atoms with Gasteiger partial charge in [0.1, 0.15) is 0 Å². The van der Waals surface area contributed by atoms with Gasteiger partial charge in [-0.1, -0.05) is 38.1 Å². The highest BCUT2D eigenvalue weighted by atomic mass is 16.2. The van der Waals surface area contributed by atoms with Crippen LogP contribution >= 0.6 is 0 Å². The Morgan fingerprint density at radius 1 is 1.33 bits per heavy atom. The summed E-state index contributed by atoms with van der Waals surface area (Å²) in [5, 5.41) is 6.59. The Bertz CT molecular complexity index is 490. The van der Waals surface area contributed by atoms with E-state index in [1.54, 1.807) is 0 Å². The molecule has 116 valence electrons. The van der Waals surface area contributed by atoms with Gasteiger partial charge in [-0.25, -0.2) is 0 Å². The van der Waals surface area contributed by atoms with Gasteiger partial charge in [0.25, 0.3) is 0 Å². The van der Waals surface area contributed by atoms with E-state index in [2.05, 4.69) is 62.6 Å². The van der Waals surface area contributed by atoms with Crippen LogP contribution in [0.25, 0.3) is 0 Å². The standard InChI is InChI=1S/C18H28N2O/c1-13(2)18(9-10-19-12-18)17(21)20-15(4)11-16-8-6-5-7-14(16)3/h5-8,13,15,19H,9-12H2,1-4H3,(H,20,21). The molecule has 2 unspecified atom stereocenters. The van der Waals surface area contributed by atoms with Gasteiger partial charge in [0, 0.05) is 12.6 Å². The number of hydrogen-bond donors (Lipinski definition) is 2. The van der Waals surface area contributed by atoms with Gasteiger partial charge in [-0.05, 0) is 50.3 Å². The predicted octanol–water partition coefficient (Wildman–Crippen LogP) is 2.68. The summed E-state index contributed by atoms with van der Waals surface area (Å²) >= 11 is 0. The lowest BCUT2D eigenvalue weighted by Crippen LogP contribution is -2.49. The Kier molecular flexibility index (Phi) is 5.04. The molecule has 1 fully saturated rings. The summed E-state index contributed by atoms with van der Waals surface area (Å²) in [5.74, 6) is 0.571. The molecule has 2 atom stereocenters. The number of rotatable bonds is 5. The highest BCUT2D eigenvalue weighted by molar-refractivity contribution is 5.83. The van der Waals surface area contributed by atoms with E-state index in [1.165, 1.54) is 11.1 Å². The van der Waals surface area contributed by atoms with Crippen LogP contribution in [-0.2, 0) is 11.2 Å². The topological polar surface area (TPSA) is 41.1 Å². The van der Waals surface area contributed by atoms with Crippen molar-refractivity contribution < 1.29 is 4.79 Å². The lowest BCUT2D eigenvalue weighted by atomic mass is 9.75. The molecule has 1 aromatic rings. The molecule has 1 amide bonds. The van der Waals surface area contributed by atoms with E-state index < -0.39 is 0 Å². The van der Waals surface area contributed by atoms with E-state index in [1.807, 2.05) is 0 Å². The minimum Gasteiger partial charge on any atom is -0.353 e. The molecule has 0 spiro atoms. The van der Waals surface area contributed by atoms with E-state index in [9.17, 15) is 4.79 Å². The van der Waals surface area contributed by atoms with Gasteiger partial charge < -0.3 is 10.6 Å². The number of hydrogen-bond acceptors (Lipinski definition) is 2. The second-order valence-electron chi connectivity index (χ2n) is 6.74. The van der Waals surface area contributed by atoms with E-state index in [0.717, 1.165) is 25.9 Å². The number of amides is 1. The molecule has 2 N–H and O–H groups in total. The Balaban J connectivity index is 2.00. The number of nitrogens with one attached hydrogen (secondary N) is 2. The van der Waals surface area contributed by atoms with Crippen LogP contribution in [0.5, 0.6) is 0 Å². The molecule has 0 saturated carbocycles. The molecular weight excluding hydrogens is 260 g/mol. The number of carbonyl (C=O) groups excluding carboxylic acids is 1. The minimum atomic E-state index is -0.236. The summed E-state index contributed by atoms with van der Waals surface area (Å²) in [7, 11) is 0. The third kappa shape index (κ3) is 3.46. The van der Waals surface area contributed by atoms with Crippen molar-refractivity contribution in [2.75, 3.05) is 13.1 Å². The molecular formula is C18H28N2O. The lowest BCUT2D eigenvalue weighted by Gasteiger charge is -2.32. The summed E-state index contributed by atoms with van der Waals surface area (Å²) in [6.45, 7) is 10.3. The second kappa shape index (κ2) is 6.61. The van der Waals surface area contributed by atoms with Crippen LogP contribution < -0.4 is 10.6 Å². The zero-order valence-electron chi connectivity index (χ0n) is 13.7. The molecule has 1 aromatic carbocycles. The zero-order valence-corrected chi connectivity index (χ0v) is 13.7. The van der Waals surface area contributed by atoms with E-state index in [4.69, 9.17) is 0 Å². The van der Waals surface area contributed by atoms with Crippen molar-refractivity contribution in [2.45, 2.75) is 46.6 Å². The first-order chi connectivity index (χ1) is 9.95. The minimum absolute atomic E-state index is 0.162. The van der Waals surface area contributed by atoms with Crippen LogP contribution in [-0.4, -0.2) is 25.0 Å². The molecule has 3 heteroatoms. The van der Waals surface area contributed by atoms with Crippen molar-refractivity contribution >= 4 is 5.91 Å². The monoisotopic (exact) mass is 288 g/mol. The summed E-state index contributed by atoms with van der Waals surface area (Å²) in [6.07, 6.45) is 1.83. The predicted molar refractivity (Wildman–Crippen MR) is 87.2 cm³/mol. The Hall–Kier alpha value is -1.35. The third-order valence-electron chi connectivity index (χ3n) is 4.91. The van der Waals surface area contributed by atoms with Crippen molar-refractivity contribution in [3.8, 4) is 0 Å². The summed E-state index contributed by atoms with van der Waals surface area (Å²) in [6, 6.07) is 8.55. The van der Waals surface area contributed by atoms with Crippen LogP contribution in [0.3, 0.4) is 0 Å². The highest BCUT2D eigenvalue weighted by Gasteiger charge is 2.44. The molecule has 1 aliphatic rings. The van der Waals surface area contributed by atoms with Crippen LogP contribution in [0.1, 0.15) is 38.3 Å². The molecule has 0 aromatic heterocycles. The lowest BCUT2D eigenvalue weighted by molar-refractivity contribution is -0.133. The fraction of sp³-hybridized carbons (Fsp3) is 0.611.